The molecule has 0 aliphatic rings. The molecule has 170 valence electrons. The van der Waals surface area contributed by atoms with Crippen molar-refractivity contribution < 1.29 is 34.0 Å². The third kappa shape index (κ3) is 5.12. The van der Waals surface area contributed by atoms with E-state index in [1.807, 2.05) is 13.8 Å². The molecule has 3 rings (SSSR count). The molecule has 1 heterocycles. The molecule has 1 atom stereocenters. The summed E-state index contributed by atoms with van der Waals surface area (Å²) in [7, 11) is 0. The van der Waals surface area contributed by atoms with Gasteiger partial charge in [-0.3, -0.25) is 9.59 Å². The topological polar surface area (TPSA) is 152 Å². The van der Waals surface area contributed by atoms with Crippen LogP contribution in [0.1, 0.15) is 20.3 Å². The fourth-order valence-corrected chi connectivity index (χ4v) is 3.15. The van der Waals surface area contributed by atoms with Crippen LogP contribution in [0.25, 0.3) is 22.3 Å². The first kappa shape index (κ1) is 23.0. The van der Waals surface area contributed by atoms with E-state index in [0.29, 0.717) is 23.7 Å². The van der Waals surface area contributed by atoms with Crippen LogP contribution in [-0.4, -0.2) is 40.5 Å². The Labute approximate surface area is 183 Å². The maximum absolute atomic E-state index is 12.4. The number of hydrogen-bond acceptors (Lipinski definition) is 9. The largest absolute Gasteiger partial charge is 0.504 e. The van der Waals surface area contributed by atoms with Crippen LogP contribution in [0.3, 0.4) is 0 Å². The number of phenols is 3. The maximum Gasteiger partial charge on any atom is 0.323 e. The standard InChI is InChI=1S/C23H25NO8/c1-12(2)9-15(24)23(29)31-8-7-30-14-5-3-13(4-6-14)18-10-16(25)20-19(32-18)11-17(26)21(27)22(20)28/h3-6,10-12,15,26-28H,7-9,24H2,1-2H3/t15-/m0/s1. The Kier molecular flexibility index (Phi) is 6.89. The number of phenolic OH excluding ortho intramolecular Hbond substituents is 3. The third-order valence-electron chi connectivity index (χ3n) is 4.71. The molecule has 9 heteroatoms. The van der Waals surface area contributed by atoms with E-state index in [9.17, 15) is 24.9 Å². The van der Waals surface area contributed by atoms with Gasteiger partial charge in [-0.25, -0.2) is 0 Å². The van der Waals surface area contributed by atoms with E-state index in [-0.39, 0.29) is 29.9 Å². The van der Waals surface area contributed by atoms with Crippen molar-refractivity contribution in [1.82, 2.24) is 0 Å². The first-order chi connectivity index (χ1) is 15.2. The molecule has 0 spiro atoms. The van der Waals surface area contributed by atoms with Crippen molar-refractivity contribution in [3.63, 3.8) is 0 Å². The van der Waals surface area contributed by atoms with Gasteiger partial charge in [-0.15, -0.1) is 0 Å². The molecular formula is C23H25NO8. The number of fused-ring (bicyclic) bond motifs is 1. The third-order valence-corrected chi connectivity index (χ3v) is 4.71. The van der Waals surface area contributed by atoms with Crippen LogP contribution in [0.2, 0.25) is 0 Å². The van der Waals surface area contributed by atoms with Crippen LogP contribution in [0.5, 0.6) is 23.0 Å². The van der Waals surface area contributed by atoms with Gasteiger partial charge in [-0.05, 0) is 36.6 Å². The second-order valence-corrected chi connectivity index (χ2v) is 7.72. The Morgan fingerprint density at radius 1 is 1.06 bits per heavy atom. The summed E-state index contributed by atoms with van der Waals surface area (Å²) in [6, 6.07) is 8.19. The van der Waals surface area contributed by atoms with Gasteiger partial charge in [0, 0.05) is 17.7 Å². The maximum atomic E-state index is 12.4. The summed E-state index contributed by atoms with van der Waals surface area (Å²) in [4.78, 5) is 24.2. The molecular weight excluding hydrogens is 418 g/mol. The van der Waals surface area contributed by atoms with E-state index in [1.165, 1.54) is 6.07 Å². The quantitative estimate of drug-likeness (QED) is 0.234. The second kappa shape index (κ2) is 9.61. The molecule has 0 aliphatic carbocycles. The smallest absolute Gasteiger partial charge is 0.323 e. The first-order valence-electron chi connectivity index (χ1n) is 10.0. The Hall–Kier alpha value is -3.72. The molecule has 0 unspecified atom stereocenters. The summed E-state index contributed by atoms with van der Waals surface area (Å²) in [5.41, 5.74) is 5.67. The summed E-state index contributed by atoms with van der Waals surface area (Å²) in [5, 5.41) is 28.9. The van der Waals surface area contributed by atoms with Gasteiger partial charge in [-0.1, -0.05) is 13.8 Å². The van der Waals surface area contributed by atoms with Gasteiger partial charge >= 0.3 is 5.97 Å². The van der Waals surface area contributed by atoms with Gasteiger partial charge in [0.25, 0.3) is 0 Å². The van der Waals surface area contributed by atoms with E-state index in [0.717, 1.165) is 6.07 Å². The van der Waals surface area contributed by atoms with Crippen molar-refractivity contribution in [2.45, 2.75) is 26.3 Å². The van der Waals surface area contributed by atoms with Crippen molar-refractivity contribution in [3.05, 3.63) is 46.6 Å². The molecule has 0 saturated carbocycles. The Balaban J connectivity index is 1.65. The highest BCUT2D eigenvalue weighted by Gasteiger charge is 2.18. The van der Waals surface area contributed by atoms with Crippen molar-refractivity contribution in [3.8, 4) is 34.3 Å². The molecule has 0 fully saturated rings. The predicted molar refractivity (Wildman–Crippen MR) is 117 cm³/mol. The number of nitrogens with two attached hydrogens (primary N) is 1. The number of benzene rings is 2. The monoisotopic (exact) mass is 443 g/mol. The fraction of sp³-hybridized carbons (Fsp3) is 0.304. The molecule has 0 amide bonds. The molecule has 0 bridgehead atoms. The molecule has 0 radical (unpaired) electrons. The van der Waals surface area contributed by atoms with Crippen molar-refractivity contribution >= 4 is 16.9 Å². The molecule has 0 saturated heterocycles. The van der Waals surface area contributed by atoms with Gasteiger partial charge in [0.1, 0.15) is 41.7 Å². The van der Waals surface area contributed by atoms with Gasteiger partial charge in [0.05, 0.1) is 0 Å². The fourth-order valence-electron chi connectivity index (χ4n) is 3.15. The Morgan fingerprint density at radius 2 is 1.75 bits per heavy atom. The molecule has 2 aromatic carbocycles. The van der Waals surface area contributed by atoms with Crippen LogP contribution >= 0.6 is 0 Å². The average Bonchev–Trinajstić information content (AvgIpc) is 2.74. The van der Waals surface area contributed by atoms with Crippen molar-refractivity contribution in [1.29, 1.82) is 0 Å². The number of aromatic hydroxyl groups is 3. The van der Waals surface area contributed by atoms with Gasteiger partial charge in [0.15, 0.2) is 16.9 Å². The lowest BCUT2D eigenvalue weighted by Crippen LogP contribution is -2.34. The zero-order chi connectivity index (χ0) is 23.4. The number of rotatable bonds is 8. The molecule has 32 heavy (non-hydrogen) atoms. The number of ether oxygens (including phenoxy) is 2. The average molecular weight is 443 g/mol. The van der Waals surface area contributed by atoms with Crippen LogP contribution in [0.15, 0.2) is 45.6 Å². The second-order valence-electron chi connectivity index (χ2n) is 7.72. The highest BCUT2D eigenvalue weighted by atomic mass is 16.6. The number of carbonyl (C=O) groups is 1. The van der Waals surface area contributed by atoms with Crippen LogP contribution in [0, 0.1) is 5.92 Å². The van der Waals surface area contributed by atoms with Crippen LogP contribution < -0.4 is 15.9 Å². The predicted octanol–water partition coefficient (Wildman–Crippen LogP) is 2.87. The lowest BCUT2D eigenvalue weighted by Gasteiger charge is -2.13. The van der Waals surface area contributed by atoms with Gasteiger partial charge in [-0.2, -0.15) is 0 Å². The van der Waals surface area contributed by atoms with Crippen LogP contribution in [0.4, 0.5) is 0 Å². The van der Waals surface area contributed by atoms with E-state index >= 15 is 0 Å². The summed E-state index contributed by atoms with van der Waals surface area (Å²) in [5.74, 6) is -1.59. The highest BCUT2D eigenvalue weighted by Crippen LogP contribution is 2.40. The summed E-state index contributed by atoms with van der Waals surface area (Å²) in [6.45, 7) is 4.15. The number of carbonyl (C=O) groups excluding carboxylic acids is 1. The van der Waals surface area contributed by atoms with Gasteiger partial charge in [0.2, 0.25) is 5.75 Å². The Morgan fingerprint density at radius 3 is 2.41 bits per heavy atom. The Bertz CT molecular complexity index is 1170. The molecule has 1 aromatic heterocycles. The minimum atomic E-state index is -0.786. The molecule has 5 N–H and O–H groups in total. The lowest BCUT2D eigenvalue weighted by atomic mass is 10.1. The minimum Gasteiger partial charge on any atom is -0.504 e. The van der Waals surface area contributed by atoms with E-state index < -0.39 is 34.7 Å². The van der Waals surface area contributed by atoms with Gasteiger partial charge < -0.3 is 34.9 Å². The van der Waals surface area contributed by atoms with E-state index in [1.54, 1.807) is 24.3 Å². The lowest BCUT2D eigenvalue weighted by molar-refractivity contribution is -0.146. The van der Waals surface area contributed by atoms with E-state index in [4.69, 9.17) is 19.6 Å². The summed E-state index contributed by atoms with van der Waals surface area (Å²) in [6.07, 6.45) is 0.548. The first-order valence-corrected chi connectivity index (χ1v) is 10.0. The van der Waals surface area contributed by atoms with Crippen molar-refractivity contribution in [2.75, 3.05) is 13.2 Å². The number of esters is 1. The van der Waals surface area contributed by atoms with Crippen LogP contribution in [-0.2, 0) is 9.53 Å². The van der Waals surface area contributed by atoms with E-state index in [2.05, 4.69) is 0 Å². The SMILES string of the molecule is CC(C)C[C@H](N)C(=O)OCCOc1ccc(-c2cc(=O)c3c(O)c(O)c(O)cc3o2)cc1. The summed E-state index contributed by atoms with van der Waals surface area (Å²) < 4.78 is 16.3. The zero-order valence-electron chi connectivity index (χ0n) is 17.7. The number of hydrogen-bond donors (Lipinski definition) is 4. The summed E-state index contributed by atoms with van der Waals surface area (Å²) >= 11 is 0. The molecule has 3 aromatic rings. The molecule has 9 nitrogen and oxygen atoms in total. The highest BCUT2D eigenvalue weighted by molar-refractivity contribution is 5.89. The van der Waals surface area contributed by atoms with Crippen molar-refractivity contribution in [2.24, 2.45) is 11.7 Å². The minimum absolute atomic E-state index is 0.0613. The normalized spacial score (nSPS) is 12.1. The molecule has 0 aliphatic heterocycles. The zero-order valence-corrected chi connectivity index (χ0v) is 17.7.